The Bertz CT molecular complexity index is 478. The van der Waals surface area contributed by atoms with Crippen molar-refractivity contribution in [3.8, 4) is 11.3 Å². The highest BCUT2D eigenvalue weighted by Crippen LogP contribution is 2.25. The van der Waals surface area contributed by atoms with E-state index in [9.17, 15) is 0 Å². The maximum Gasteiger partial charge on any atom is 0.0923 e. The predicted molar refractivity (Wildman–Crippen MR) is 58.5 cm³/mol. The number of nitrogens with one attached hydrogen (secondary N) is 1. The van der Waals surface area contributed by atoms with Gasteiger partial charge in [-0.2, -0.15) is 5.10 Å². The van der Waals surface area contributed by atoms with Crippen molar-refractivity contribution in [3.63, 3.8) is 0 Å². The Morgan fingerprint density at radius 3 is 2.80 bits per heavy atom. The summed E-state index contributed by atoms with van der Waals surface area (Å²) < 4.78 is 1.72. The van der Waals surface area contributed by atoms with E-state index in [0.717, 1.165) is 11.3 Å². The van der Waals surface area contributed by atoms with Crippen LogP contribution in [0.2, 0.25) is 0 Å². The third-order valence-corrected chi connectivity index (χ3v) is 2.18. The highest BCUT2D eigenvalue weighted by atomic mass is 16.5. The molecule has 0 radical (unpaired) electrons. The van der Waals surface area contributed by atoms with Crippen LogP contribution in [-0.2, 0) is 7.05 Å². The molecule has 0 saturated heterocycles. The number of aromatic nitrogens is 2. The van der Waals surface area contributed by atoms with Crippen LogP contribution < -0.4 is 11.2 Å². The van der Waals surface area contributed by atoms with Gasteiger partial charge in [0.05, 0.1) is 17.1 Å². The minimum Gasteiger partial charge on any atom is -0.397 e. The van der Waals surface area contributed by atoms with Crippen LogP contribution in [0, 0.1) is 0 Å². The van der Waals surface area contributed by atoms with Crippen LogP contribution in [0.4, 0.5) is 11.4 Å². The van der Waals surface area contributed by atoms with E-state index in [1.165, 1.54) is 0 Å². The molecule has 0 unspecified atom stereocenters. The fourth-order valence-electron chi connectivity index (χ4n) is 1.38. The zero-order chi connectivity index (χ0) is 10.8. The SMILES string of the molecule is Cn1ccc(-c2ccc(N)c(NO)c2)n1. The number of hydrogen-bond donors (Lipinski definition) is 3. The summed E-state index contributed by atoms with van der Waals surface area (Å²) in [5, 5.41) is 13.1. The molecule has 0 saturated carbocycles. The molecular formula is C10H12N4O. The molecule has 15 heavy (non-hydrogen) atoms. The third kappa shape index (κ3) is 1.77. The van der Waals surface area contributed by atoms with E-state index in [1.807, 2.05) is 25.4 Å². The minimum atomic E-state index is 0.484. The first kappa shape index (κ1) is 9.54. The summed E-state index contributed by atoms with van der Waals surface area (Å²) in [6, 6.07) is 7.23. The van der Waals surface area contributed by atoms with Gasteiger partial charge >= 0.3 is 0 Å². The van der Waals surface area contributed by atoms with Crippen molar-refractivity contribution in [1.29, 1.82) is 0 Å². The Hall–Kier alpha value is -2.01. The molecule has 0 aliphatic heterocycles. The Kier molecular flexibility index (Phi) is 2.31. The summed E-state index contributed by atoms with van der Waals surface area (Å²) in [6.07, 6.45) is 1.86. The van der Waals surface area contributed by atoms with Crippen LogP contribution in [0.15, 0.2) is 30.5 Å². The van der Waals surface area contributed by atoms with Gasteiger partial charge in [0.2, 0.25) is 0 Å². The lowest BCUT2D eigenvalue weighted by Crippen LogP contribution is -1.96. The van der Waals surface area contributed by atoms with Gasteiger partial charge in [0.15, 0.2) is 0 Å². The maximum absolute atomic E-state index is 8.84. The van der Waals surface area contributed by atoms with Crippen LogP contribution in [-0.4, -0.2) is 15.0 Å². The van der Waals surface area contributed by atoms with Crippen LogP contribution in [0.1, 0.15) is 0 Å². The molecule has 1 aromatic carbocycles. The van der Waals surface area contributed by atoms with Crippen molar-refractivity contribution >= 4 is 11.4 Å². The van der Waals surface area contributed by atoms with E-state index in [0.29, 0.717) is 11.4 Å². The lowest BCUT2D eigenvalue weighted by atomic mass is 10.1. The molecule has 5 nitrogen and oxygen atoms in total. The monoisotopic (exact) mass is 204 g/mol. The van der Waals surface area contributed by atoms with Crippen molar-refractivity contribution in [3.05, 3.63) is 30.5 Å². The van der Waals surface area contributed by atoms with Crippen molar-refractivity contribution in [1.82, 2.24) is 9.78 Å². The van der Waals surface area contributed by atoms with Gasteiger partial charge in [-0.1, -0.05) is 6.07 Å². The molecule has 2 aromatic rings. The van der Waals surface area contributed by atoms with Gasteiger partial charge in [-0.3, -0.25) is 15.4 Å². The third-order valence-electron chi connectivity index (χ3n) is 2.18. The molecule has 78 valence electrons. The summed E-state index contributed by atoms with van der Waals surface area (Å²) in [5.74, 6) is 0. The topological polar surface area (TPSA) is 76.1 Å². The zero-order valence-corrected chi connectivity index (χ0v) is 8.31. The molecule has 1 heterocycles. The van der Waals surface area contributed by atoms with E-state index in [2.05, 4.69) is 10.6 Å². The predicted octanol–water partition coefficient (Wildman–Crippen LogP) is 1.47. The van der Waals surface area contributed by atoms with Crippen molar-refractivity contribution in [2.45, 2.75) is 0 Å². The van der Waals surface area contributed by atoms with Crippen molar-refractivity contribution in [2.24, 2.45) is 7.05 Å². The highest BCUT2D eigenvalue weighted by molar-refractivity contribution is 5.73. The van der Waals surface area contributed by atoms with Gasteiger partial charge in [0.25, 0.3) is 0 Å². The summed E-state index contributed by atoms with van der Waals surface area (Å²) in [4.78, 5) is 0. The van der Waals surface area contributed by atoms with E-state index in [-0.39, 0.29) is 0 Å². The normalized spacial score (nSPS) is 10.3. The first-order valence-electron chi connectivity index (χ1n) is 4.50. The van der Waals surface area contributed by atoms with Crippen molar-refractivity contribution < 1.29 is 5.21 Å². The van der Waals surface area contributed by atoms with Crippen LogP contribution in [0.25, 0.3) is 11.3 Å². The summed E-state index contributed by atoms with van der Waals surface area (Å²) in [7, 11) is 1.85. The number of rotatable bonds is 2. The number of hydrogen-bond acceptors (Lipinski definition) is 4. The fourth-order valence-corrected chi connectivity index (χ4v) is 1.38. The first-order chi connectivity index (χ1) is 7.20. The standard InChI is InChI=1S/C10H12N4O/c1-14-5-4-9(12-14)7-2-3-8(11)10(6-7)13-15/h2-6,13,15H,11H2,1H3. The molecule has 0 amide bonds. The molecule has 0 bridgehead atoms. The number of nitrogen functional groups attached to an aromatic ring is 1. The number of nitrogens with zero attached hydrogens (tertiary/aromatic N) is 2. The molecule has 0 spiro atoms. The second kappa shape index (κ2) is 3.62. The van der Waals surface area contributed by atoms with E-state index >= 15 is 0 Å². The summed E-state index contributed by atoms with van der Waals surface area (Å²) >= 11 is 0. The first-order valence-corrected chi connectivity index (χ1v) is 4.50. The quantitative estimate of drug-likeness (QED) is 0.511. The minimum absolute atomic E-state index is 0.484. The molecule has 5 heteroatoms. The van der Waals surface area contributed by atoms with Gasteiger partial charge in [-0.25, -0.2) is 0 Å². The van der Waals surface area contributed by atoms with E-state index < -0.39 is 0 Å². The lowest BCUT2D eigenvalue weighted by Gasteiger charge is -2.05. The largest absolute Gasteiger partial charge is 0.397 e. The molecule has 4 N–H and O–H groups in total. The molecule has 0 fully saturated rings. The number of nitrogens with two attached hydrogens (primary N) is 1. The summed E-state index contributed by atoms with van der Waals surface area (Å²) in [6.45, 7) is 0. The number of anilines is 2. The Morgan fingerprint density at radius 1 is 1.40 bits per heavy atom. The van der Waals surface area contributed by atoms with E-state index in [4.69, 9.17) is 10.9 Å². The number of benzene rings is 1. The number of aryl methyl sites for hydroxylation is 1. The molecule has 0 aliphatic rings. The van der Waals surface area contributed by atoms with E-state index in [1.54, 1.807) is 16.8 Å². The molecule has 0 aliphatic carbocycles. The van der Waals surface area contributed by atoms with Crippen LogP contribution >= 0.6 is 0 Å². The highest BCUT2D eigenvalue weighted by Gasteiger charge is 2.04. The van der Waals surface area contributed by atoms with Crippen LogP contribution in [0.5, 0.6) is 0 Å². The van der Waals surface area contributed by atoms with Gasteiger partial charge in [0.1, 0.15) is 0 Å². The average Bonchev–Trinajstić information content (AvgIpc) is 2.66. The van der Waals surface area contributed by atoms with Gasteiger partial charge in [0, 0.05) is 18.8 Å². The second-order valence-corrected chi connectivity index (χ2v) is 3.29. The Morgan fingerprint density at radius 2 is 2.20 bits per heavy atom. The zero-order valence-electron chi connectivity index (χ0n) is 8.31. The average molecular weight is 204 g/mol. The van der Waals surface area contributed by atoms with Gasteiger partial charge in [-0.15, -0.1) is 0 Å². The lowest BCUT2D eigenvalue weighted by molar-refractivity contribution is 0.389. The molecular weight excluding hydrogens is 192 g/mol. The Labute approximate surface area is 87.1 Å². The fraction of sp³-hybridized carbons (Fsp3) is 0.100. The Balaban J connectivity index is 2.45. The maximum atomic E-state index is 8.84. The molecule has 0 atom stereocenters. The molecule has 2 rings (SSSR count). The van der Waals surface area contributed by atoms with Crippen molar-refractivity contribution in [2.75, 3.05) is 11.2 Å². The van der Waals surface area contributed by atoms with Crippen LogP contribution in [0.3, 0.4) is 0 Å². The van der Waals surface area contributed by atoms with Gasteiger partial charge < -0.3 is 5.73 Å². The summed E-state index contributed by atoms with van der Waals surface area (Å²) in [5.41, 5.74) is 10.4. The second-order valence-electron chi connectivity index (χ2n) is 3.29. The smallest absolute Gasteiger partial charge is 0.0923 e. The molecule has 1 aromatic heterocycles. The van der Waals surface area contributed by atoms with Gasteiger partial charge in [-0.05, 0) is 18.2 Å².